The summed E-state index contributed by atoms with van der Waals surface area (Å²) in [5.74, 6) is -1.20. The third-order valence-electron chi connectivity index (χ3n) is 1.46. The van der Waals surface area contributed by atoms with E-state index in [0.717, 1.165) is 0 Å². The van der Waals surface area contributed by atoms with Crippen LogP contribution in [0.1, 0.15) is 5.56 Å². The molecule has 72 valence electrons. The topological polar surface area (TPSA) is 92.6 Å². The maximum Gasteiger partial charge on any atom is 0.346 e. The van der Waals surface area contributed by atoms with E-state index in [1.807, 2.05) is 6.07 Å². The van der Waals surface area contributed by atoms with Crippen LogP contribution in [0.4, 0.5) is 0 Å². The summed E-state index contributed by atoms with van der Waals surface area (Å²) in [6.45, 7) is 0. The Morgan fingerprint density at radius 2 is 1.93 bits per heavy atom. The minimum atomic E-state index is -1.20. The van der Waals surface area contributed by atoms with Gasteiger partial charge in [0.1, 0.15) is 11.6 Å². The first kappa shape index (κ1) is 11.9. The van der Waals surface area contributed by atoms with E-state index in [2.05, 4.69) is 0 Å². The summed E-state index contributed by atoms with van der Waals surface area (Å²) in [5, 5.41) is 17.0. The molecule has 0 radical (unpaired) electrons. The first-order valence-corrected chi connectivity index (χ1v) is 3.64. The monoisotopic (exact) mass is 191 g/mol. The molecule has 0 heterocycles. The van der Waals surface area contributed by atoms with Gasteiger partial charge in [0.2, 0.25) is 0 Å². The van der Waals surface area contributed by atoms with E-state index in [4.69, 9.17) is 10.4 Å². The molecule has 0 spiro atoms. The van der Waals surface area contributed by atoms with Gasteiger partial charge in [-0.15, -0.1) is 0 Å². The van der Waals surface area contributed by atoms with Crippen molar-refractivity contribution in [3.05, 3.63) is 41.5 Å². The lowest BCUT2D eigenvalue weighted by Gasteiger charge is -1.91. The van der Waals surface area contributed by atoms with Gasteiger partial charge in [-0.25, -0.2) is 4.79 Å². The van der Waals surface area contributed by atoms with Crippen molar-refractivity contribution in [3.8, 4) is 6.07 Å². The van der Waals surface area contributed by atoms with Gasteiger partial charge in [0, 0.05) is 0 Å². The first-order valence-electron chi connectivity index (χ1n) is 3.64. The Labute approximate surface area is 81.0 Å². The minimum absolute atomic E-state index is 0. The van der Waals surface area contributed by atoms with Gasteiger partial charge in [-0.05, 0) is 11.6 Å². The fraction of sp³-hybridized carbons (Fsp3) is 0. The Morgan fingerprint density at radius 3 is 2.36 bits per heavy atom. The van der Waals surface area contributed by atoms with Crippen molar-refractivity contribution in [2.75, 3.05) is 0 Å². The highest BCUT2D eigenvalue weighted by molar-refractivity contribution is 5.96. The maximum atomic E-state index is 10.4. The predicted octanol–water partition coefficient (Wildman–Crippen LogP) is 0.853. The lowest BCUT2D eigenvalue weighted by Crippen LogP contribution is -1.97. The molecule has 4 heteroatoms. The second-order valence-corrected chi connectivity index (χ2v) is 2.39. The quantitative estimate of drug-likeness (QED) is 0.554. The molecule has 0 unspecified atom stereocenters. The molecular weight excluding hydrogens is 182 g/mol. The average Bonchev–Trinajstić information content (AvgIpc) is 2.15. The molecule has 1 aromatic rings. The molecule has 1 rings (SSSR count). The lowest BCUT2D eigenvalue weighted by atomic mass is 10.1. The van der Waals surface area contributed by atoms with Gasteiger partial charge in [0.25, 0.3) is 0 Å². The second-order valence-electron chi connectivity index (χ2n) is 2.39. The molecule has 0 atom stereocenters. The Hall–Kier alpha value is -2.12. The number of aliphatic carboxylic acids is 1. The zero-order chi connectivity index (χ0) is 9.68. The molecule has 3 N–H and O–H groups in total. The smallest absolute Gasteiger partial charge is 0.346 e. The predicted molar refractivity (Wildman–Crippen MR) is 51.3 cm³/mol. The summed E-state index contributed by atoms with van der Waals surface area (Å²) < 4.78 is 0. The van der Waals surface area contributed by atoms with Crippen LogP contribution in [0, 0.1) is 11.3 Å². The summed E-state index contributed by atoms with van der Waals surface area (Å²) in [6.07, 6.45) is 1.34. The number of nitriles is 1. The fourth-order valence-corrected chi connectivity index (χ4v) is 0.858. The Balaban J connectivity index is 0.00000169. The van der Waals surface area contributed by atoms with Gasteiger partial charge < -0.3 is 10.6 Å². The molecular formula is C10H9NO3. The highest BCUT2D eigenvalue weighted by Crippen LogP contribution is 2.05. The first-order chi connectivity index (χ1) is 6.24. The maximum absolute atomic E-state index is 10.4. The number of hydrogen-bond acceptors (Lipinski definition) is 2. The Bertz CT molecular complexity index is 376. The van der Waals surface area contributed by atoms with Crippen LogP contribution in [0.5, 0.6) is 0 Å². The van der Waals surface area contributed by atoms with E-state index < -0.39 is 5.97 Å². The molecule has 4 nitrogen and oxygen atoms in total. The highest BCUT2D eigenvalue weighted by atomic mass is 16.4. The SMILES string of the molecule is N#C/C(=C\c1ccccc1)C(=O)O.O. The van der Waals surface area contributed by atoms with E-state index >= 15 is 0 Å². The van der Waals surface area contributed by atoms with Gasteiger partial charge >= 0.3 is 5.97 Å². The third kappa shape index (κ3) is 3.09. The molecule has 0 amide bonds. The summed E-state index contributed by atoms with van der Waals surface area (Å²) in [7, 11) is 0. The largest absolute Gasteiger partial charge is 0.477 e. The molecule has 0 saturated heterocycles. The molecule has 1 aromatic carbocycles. The zero-order valence-corrected chi connectivity index (χ0v) is 7.27. The van der Waals surface area contributed by atoms with E-state index in [9.17, 15) is 4.79 Å². The molecule has 0 aliphatic carbocycles. The van der Waals surface area contributed by atoms with Crippen LogP contribution in [-0.2, 0) is 4.79 Å². The van der Waals surface area contributed by atoms with E-state index in [0.29, 0.717) is 5.56 Å². The fourth-order valence-electron chi connectivity index (χ4n) is 0.858. The van der Waals surface area contributed by atoms with Crippen molar-refractivity contribution in [2.45, 2.75) is 0 Å². The van der Waals surface area contributed by atoms with Gasteiger partial charge in [-0.3, -0.25) is 0 Å². The second kappa shape index (κ2) is 5.51. The zero-order valence-electron chi connectivity index (χ0n) is 7.27. The highest BCUT2D eigenvalue weighted by Gasteiger charge is 2.04. The molecule has 0 saturated carbocycles. The molecule has 0 fully saturated rings. The third-order valence-corrected chi connectivity index (χ3v) is 1.46. The number of hydrogen-bond donors (Lipinski definition) is 1. The summed E-state index contributed by atoms with van der Waals surface area (Å²) >= 11 is 0. The number of rotatable bonds is 2. The molecule has 0 aliphatic rings. The Kier molecular flexibility index (Phi) is 4.68. The number of carboxylic acids is 1. The summed E-state index contributed by atoms with van der Waals surface area (Å²) in [4.78, 5) is 10.4. The number of carbonyl (C=O) groups is 1. The summed E-state index contributed by atoms with van der Waals surface area (Å²) in [6, 6.07) is 10.5. The van der Waals surface area contributed by atoms with Crippen LogP contribution in [0.3, 0.4) is 0 Å². The lowest BCUT2D eigenvalue weighted by molar-refractivity contribution is -0.132. The van der Waals surface area contributed by atoms with Crippen molar-refractivity contribution < 1.29 is 15.4 Å². The van der Waals surface area contributed by atoms with Crippen LogP contribution in [0.2, 0.25) is 0 Å². The van der Waals surface area contributed by atoms with Gasteiger partial charge in [-0.1, -0.05) is 30.3 Å². The Morgan fingerprint density at radius 1 is 1.36 bits per heavy atom. The van der Waals surface area contributed by atoms with Gasteiger partial charge in [0.05, 0.1) is 0 Å². The minimum Gasteiger partial charge on any atom is -0.477 e. The standard InChI is InChI=1S/C10H7NO2.H2O/c11-7-9(10(12)13)6-8-4-2-1-3-5-8;/h1-6H,(H,12,13);1H2/b9-6+;. The molecule has 0 aliphatic heterocycles. The van der Waals surface area contributed by atoms with Gasteiger partial charge in [-0.2, -0.15) is 5.26 Å². The van der Waals surface area contributed by atoms with Crippen molar-refractivity contribution in [1.29, 1.82) is 5.26 Å². The molecule has 14 heavy (non-hydrogen) atoms. The van der Waals surface area contributed by atoms with Crippen LogP contribution >= 0.6 is 0 Å². The van der Waals surface area contributed by atoms with E-state index in [1.54, 1.807) is 30.3 Å². The van der Waals surface area contributed by atoms with Crippen molar-refractivity contribution in [2.24, 2.45) is 0 Å². The van der Waals surface area contributed by atoms with Gasteiger partial charge in [0.15, 0.2) is 0 Å². The van der Waals surface area contributed by atoms with E-state index in [-0.39, 0.29) is 11.0 Å². The number of benzene rings is 1. The summed E-state index contributed by atoms with van der Waals surface area (Å²) in [5.41, 5.74) is 0.452. The van der Waals surface area contributed by atoms with Crippen LogP contribution in [-0.4, -0.2) is 16.6 Å². The van der Waals surface area contributed by atoms with Crippen molar-refractivity contribution >= 4 is 12.0 Å². The van der Waals surface area contributed by atoms with Crippen molar-refractivity contribution in [3.63, 3.8) is 0 Å². The van der Waals surface area contributed by atoms with Crippen LogP contribution in [0.25, 0.3) is 6.08 Å². The number of carboxylic acid groups (broad SMARTS) is 1. The molecule has 0 bridgehead atoms. The van der Waals surface area contributed by atoms with E-state index in [1.165, 1.54) is 6.08 Å². The van der Waals surface area contributed by atoms with Crippen LogP contribution < -0.4 is 0 Å². The molecule has 0 aromatic heterocycles. The normalized spacial score (nSPS) is 9.79. The van der Waals surface area contributed by atoms with Crippen molar-refractivity contribution in [1.82, 2.24) is 0 Å². The number of nitrogens with zero attached hydrogens (tertiary/aromatic N) is 1. The average molecular weight is 191 g/mol. The van der Waals surface area contributed by atoms with Crippen LogP contribution in [0.15, 0.2) is 35.9 Å².